The molecule has 9 nitrogen and oxygen atoms in total. The zero-order chi connectivity index (χ0) is 25.8. The molecular formula is C27H34N4O5. The number of amides is 3. The number of benzene rings is 2. The number of hydrogen-bond acceptors (Lipinski definition) is 6. The molecule has 0 radical (unpaired) electrons. The van der Waals surface area contributed by atoms with Gasteiger partial charge in [-0.1, -0.05) is 49.7 Å². The van der Waals surface area contributed by atoms with Gasteiger partial charge >= 0.3 is 5.97 Å². The highest BCUT2D eigenvalue weighted by Gasteiger charge is 2.33. The average molecular weight is 495 g/mol. The molecule has 36 heavy (non-hydrogen) atoms. The molecule has 2 aromatic carbocycles. The number of aryl methyl sites for hydroxylation is 1. The maximum atomic E-state index is 12.7. The first kappa shape index (κ1) is 26.9. The summed E-state index contributed by atoms with van der Waals surface area (Å²) in [7, 11) is 0. The van der Waals surface area contributed by atoms with E-state index in [1.165, 1.54) is 0 Å². The lowest BCUT2D eigenvalue weighted by Gasteiger charge is -2.33. The molecule has 0 aliphatic carbocycles. The normalized spacial score (nSPS) is 15.6. The summed E-state index contributed by atoms with van der Waals surface area (Å²) in [5.41, 5.74) is 2.20. The van der Waals surface area contributed by atoms with Gasteiger partial charge in [0, 0.05) is 30.9 Å². The number of ether oxygens (including phenoxy) is 1. The quantitative estimate of drug-likeness (QED) is 0.309. The number of rotatable bonds is 12. The van der Waals surface area contributed by atoms with Crippen LogP contribution in [0.1, 0.15) is 38.2 Å². The van der Waals surface area contributed by atoms with Crippen LogP contribution in [0.4, 0.5) is 11.4 Å². The Morgan fingerprint density at radius 2 is 1.75 bits per heavy atom. The van der Waals surface area contributed by atoms with Crippen LogP contribution in [0.5, 0.6) is 0 Å². The van der Waals surface area contributed by atoms with Crippen molar-refractivity contribution < 1.29 is 23.9 Å². The van der Waals surface area contributed by atoms with Gasteiger partial charge in [0.15, 0.2) is 0 Å². The minimum atomic E-state index is -0.756. The molecule has 0 aromatic heterocycles. The van der Waals surface area contributed by atoms with Crippen LogP contribution in [0, 0.1) is 0 Å². The summed E-state index contributed by atoms with van der Waals surface area (Å²) in [4.78, 5) is 51.3. The fourth-order valence-corrected chi connectivity index (χ4v) is 3.91. The highest BCUT2D eigenvalue weighted by molar-refractivity contribution is 5.95. The van der Waals surface area contributed by atoms with E-state index in [0.717, 1.165) is 18.4 Å². The zero-order valence-corrected chi connectivity index (χ0v) is 20.6. The molecule has 1 atom stereocenters. The number of carbonyl (C=O) groups excluding carboxylic acids is 4. The molecule has 1 unspecified atom stereocenters. The van der Waals surface area contributed by atoms with Crippen LogP contribution >= 0.6 is 0 Å². The number of unbranched alkanes of at least 4 members (excludes halogenated alkanes) is 1. The van der Waals surface area contributed by atoms with E-state index in [4.69, 9.17) is 4.74 Å². The Labute approximate surface area is 211 Å². The molecular weight excluding hydrogens is 460 g/mol. The Hall–Kier alpha value is -3.72. The zero-order valence-electron chi connectivity index (χ0n) is 20.6. The van der Waals surface area contributed by atoms with Crippen molar-refractivity contribution in [2.24, 2.45) is 0 Å². The first-order chi connectivity index (χ1) is 17.4. The predicted molar refractivity (Wildman–Crippen MR) is 137 cm³/mol. The van der Waals surface area contributed by atoms with Crippen molar-refractivity contribution in [1.82, 2.24) is 10.2 Å². The molecule has 1 saturated heterocycles. The lowest BCUT2D eigenvalue weighted by molar-refractivity contribution is -0.149. The number of hydrogen-bond donors (Lipinski definition) is 3. The Bertz CT molecular complexity index is 1040. The summed E-state index contributed by atoms with van der Waals surface area (Å²) in [5.74, 6) is -1.18. The smallest absolute Gasteiger partial charge is 0.307 e. The van der Waals surface area contributed by atoms with Crippen LogP contribution in [-0.2, 0) is 30.3 Å². The van der Waals surface area contributed by atoms with E-state index < -0.39 is 12.0 Å². The highest BCUT2D eigenvalue weighted by atomic mass is 16.5. The van der Waals surface area contributed by atoms with Crippen LogP contribution in [0.3, 0.4) is 0 Å². The van der Waals surface area contributed by atoms with Gasteiger partial charge in [-0.2, -0.15) is 0 Å². The van der Waals surface area contributed by atoms with E-state index in [2.05, 4.69) is 16.0 Å². The Kier molecular flexibility index (Phi) is 10.4. The Balaban J connectivity index is 1.51. The second kappa shape index (κ2) is 14.0. The van der Waals surface area contributed by atoms with Gasteiger partial charge in [-0.25, -0.2) is 0 Å². The van der Waals surface area contributed by atoms with Gasteiger partial charge in [-0.3, -0.25) is 24.1 Å². The van der Waals surface area contributed by atoms with E-state index in [-0.39, 0.29) is 30.7 Å². The summed E-state index contributed by atoms with van der Waals surface area (Å²) in [6.45, 7) is 3.12. The minimum absolute atomic E-state index is 0.0476. The van der Waals surface area contributed by atoms with Crippen molar-refractivity contribution >= 4 is 35.1 Å². The van der Waals surface area contributed by atoms with Gasteiger partial charge in [0.05, 0.1) is 19.6 Å². The van der Waals surface area contributed by atoms with E-state index >= 15 is 0 Å². The van der Waals surface area contributed by atoms with Crippen LogP contribution in [0.25, 0.3) is 0 Å². The summed E-state index contributed by atoms with van der Waals surface area (Å²) in [5, 5.41) is 8.41. The SMILES string of the molecule is CCCCOC(=O)CC1C(=O)NCCN1CC(=O)Nc1cccc(NC(=O)CCc2ccccc2)c1. The van der Waals surface area contributed by atoms with Crippen LogP contribution in [0.15, 0.2) is 54.6 Å². The number of anilines is 2. The molecule has 3 amide bonds. The molecule has 2 aromatic rings. The van der Waals surface area contributed by atoms with Crippen molar-refractivity contribution in [3.63, 3.8) is 0 Å². The van der Waals surface area contributed by atoms with Crippen LogP contribution < -0.4 is 16.0 Å². The summed E-state index contributed by atoms with van der Waals surface area (Å²) < 4.78 is 5.19. The standard InChI is InChI=1S/C27H34N4O5/c1-2-3-16-36-26(34)18-23-27(35)28-14-15-31(23)19-25(33)30-22-11-7-10-21(17-22)29-24(32)13-12-20-8-5-4-6-9-20/h4-11,17,23H,2-3,12-16,18-19H2,1H3,(H,28,35)(H,29,32)(H,30,33). The molecule has 1 heterocycles. The number of carbonyl (C=O) groups is 4. The second-order valence-corrected chi connectivity index (χ2v) is 8.72. The van der Waals surface area contributed by atoms with E-state index in [0.29, 0.717) is 43.9 Å². The van der Waals surface area contributed by atoms with Crippen molar-refractivity contribution in [3.05, 3.63) is 60.2 Å². The first-order valence-corrected chi connectivity index (χ1v) is 12.4. The fourth-order valence-electron chi connectivity index (χ4n) is 3.91. The van der Waals surface area contributed by atoms with Crippen LogP contribution in [-0.4, -0.2) is 60.9 Å². The largest absolute Gasteiger partial charge is 0.466 e. The third-order valence-corrected chi connectivity index (χ3v) is 5.82. The fraction of sp³-hybridized carbons (Fsp3) is 0.407. The lowest BCUT2D eigenvalue weighted by Crippen LogP contribution is -2.57. The van der Waals surface area contributed by atoms with Crippen molar-refractivity contribution in [1.29, 1.82) is 0 Å². The molecule has 1 aliphatic rings. The minimum Gasteiger partial charge on any atom is -0.466 e. The topological polar surface area (TPSA) is 117 Å². The van der Waals surface area contributed by atoms with Crippen LogP contribution in [0.2, 0.25) is 0 Å². The molecule has 0 spiro atoms. The number of nitrogens with zero attached hydrogens (tertiary/aromatic N) is 1. The number of esters is 1. The van der Waals surface area contributed by atoms with E-state index in [1.807, 2.05) is 37.3 Å². The maximum Gasteiger partial charge on any atom is 0.307 e. The van der Waals surface area contributed by atoms with Crippen molar-refractivity contribution in [3.8, 4) is 0 Å². The van der Waals surface area contributed by atoms with Gasteiger partial charge < -0.3 is 20.7 Å². The molecule has 0 saturated carbocycles. The summed E-state index contributed by atoms with van der Waals surface area (Å²) in [6, 6.07) is 15.9. The number of nitrogens with one attached hydrogen (secondary N) is 3. The van der Waals surface area contributed by atoms with Crippen molar-refractivity contribution in [2.45, 2.75) is 45.1 Å². The van der Waals surface area contributed by atoms with Gasteiger partial charge in [0.2, 0.25) is 17.7 Å². The van der Waals surface area contributed by atoms with Gasteiger partial charge in [-0.05, 0) is 36.6 Å². The van der Waals surface area contributed by atoms with Gasteiger partial charge in [-0.15, -0.1) is 0 Å². The van der Waals surface area contributed by atoms with Gasteiger partial charge in [0.1, 0.15) is 6.04 Å². The average Bonchev–Trinajstić information content (AvgIpc) is 2.86. The number of piperazine rings is 1. The Morgan fingerprint density at radius 1 is 1.03 bits per heavy atom. The molecule has 0 bridgehead atoms. The van der Waals surface area contributed by atoms with E-state index in [1.54, 1.807) is 29.2 Å². The molecule has 9 heteroatoms. The maximum absolute atomic E-state index is 12.7. The monoisotopic (exact) mass is 494 g/mol. The second-order valence-electron chi connectivity index (χ2n) is 8.72. The Morgan fingerprint density at radius 3 is 2.47 bits per heavy atom. The molecule has 192 valence electrons. The summed E-state index contributed by atoms with van der Waals surface area (Å²) in [6.07, 6.45) is 2.55. The molecule has 3 N–H and O–H groups in total. The summed E-state index contributed by atoms with van der Waals surface area (Å²) >= 11 is 0. The van der Waals surface area contributed by atoms with E-state index in [9.17, 15) is 19.2 Å². The highest BCUT2D eigenvalue weighted by Crippen LogP contribution is 2.17. The lowest BCUT2D eigenvalue weighted by atomic mass is 10.1. The third-order valence-electron chi connectivity index (χ3n) is 5.82. The molecule has 1 fully saturated rings. The predicted octanol–water partition coefficient (Wildman–Crippen LogP) is 2.73. The third kappa shape index (κ3) is 8.81. The van der Waals surface area contributed by atoms with Gasteiger partial charge in [0.25, 0.3) is 0 Å². The molecule has 1 aliphatic heterocycles. The molecule has 3 rings (SSSR count). The first-order valence-electron chi connectivity index (χ1n) is 12.4. The van der Waals surface area contributed by atoms with Crippen molar-refractivity contribution in [2.75, 3.05) is 36.9 Å².